The van der Waals surface area contributed by atoms with E-state index in [2.05, 4.69) is 48.6 Å². The summed E-state index contributed by atoms with van der Waals surface area (Å²) >= 11 is 1.62. The van der Waals surface area contributed by atoms with E-state index in [9.17, 15) is 5.11 Å². The summed E-state index contributed by atoms with van der Waals surface area (Å²) in [4.78, 5) is 5.56. The molecule has 1 aliphatic heterocycles. The second-order valence-corrected chi connectivity index (χ2v) is 7.68. The maximum Gasteiger partial charge on any atom is 0.191 e. The molecule has 3 aromatic rings. The summed E-state index contributed by atoms with van der Waals surface area (Å²) in [5.74, 6) is 2.62. The van der Waals surface area contributed by atoms with Gasteiger partial charge in [0.25, 0.3) is 0 Å². The number of fused-ring (bicyclic) bond motifs is 2. The van der Waals surface area contributed by atoms with Gasteiger partial charge in [0.15, 0.2) is 11.8 Å². The number of hydrogen-bond acceptors (Lipinski definition) is 5. The molecule has 4 rings (SSSR count). The van der Waals surface area contributed by atoms with Gasteiger partial charge in [0.05, 0.1) is 0 Å². The Hall–Kier alpha value is -2.45. The minimum Gasteiger partial charge on any atom is -0.386 e. The molecule has 142 valence electrons. The van der Waals surface area contributed by atoms with E-state index in [0.717, 1.165) is 47.8 Å². The number of nitrogens with zero attached hydrogens (tertiary/aromatic N) is 4. The minimum atomic E-state index is -0.580. The second-order valence-electron chi connectivity index (χ2n) is 6.57. The molecule has 0 aliphatic carbocycles. The smallest absolute Gasteiger partial charge is 0.191 e. The third-order valence-electron chi connectivity index (χ3n) is 4.64. The first-order valence-corrected chi connectivity index (χ1v) is 10.2. The van der Waals surface area contributed by atoms with E-state index in [1.165, 1.54) is 4.70 Å². The molecule has 7 nitrogen and oxygen atoms in total. The topological polar surface area (TPSA) is 87.4 Å². The molecule has 1 aliphatic rings. The number of thiophene rings is 1. The lowest BCUT2D eigenvalue weighted by atomic mass is 10.2. The summed E-state index contributed by atoms with van der Waals surface area (Å²) in [6, 6.07) is 10.2. The van der Waals surface area contributed by atoms with Crippen LogP contribution in [0, 0.1) is 0 Å². The van der Waals surface area contributed by atoms with E-state index in [1.54, 1.807) is 11.3 Å². The van der Waals surface area contributed by atoms with Crippen molar-refractivity contribution >= 4 is 27.4 Å². The van der Waals surface area contributed by atoms with Gasteiger partial charge in [-0.1, -0.05) is 18.2 Å². The van der Waals surface area contributed by atoms with Crippen molar-refractivity contribution in [1.29, 1.82) is 0 Å². The van der Waals surface area contributed by atoms with Crippen LogP contribution in [-0.4, -0.2) is 38.9 Å². The average molecular weight is 385 g/mol. The number of aliphatic hydroxyl groups is 1. The van der Waals surface area contributed by atoms with E-state index in [4.69, 9.17) is 0 Å². The van der Waals surface area contributed by atoms with Crippen molar-refractivity contribution in [3.63, 3.8) is 0 Å². The fraction of sp³-hybridized carbons (Fsp3) is 0.421. The molecule has 3 heterocycles. The van der Waals surface area contributed by atoms with Gasteiger partial charge in [-0.15, -0.1) is 21.5 Å². The molecule has 0 spiro atoms. The Bertz CT molecular complexity index is 914. The Balaban J connectivity index is 1.40. The van der Waals surface area contributed by atoms with Gasteiger partial charge in [-0.2, -0.15) is 0 Å². The number of rotatable bonds is 6. The molecule has 0 radical (unpaired) electrons. The highest BCUT2D eigenvalue weighted by Crippen LogP contribution is 2.29. The van der Waals surface area contributed by atoms with Gasteiger partial charge in [0.1, 0.15) is 18.5 Å². The van der Waals surface area contributed by atoms with Crippen LogP contribution in [0.1, 0.15) is 36.0 Å². The van der Waals surface area contributed by atoms with Crippen LogP contribution in [-0.2, 0) is 19.5 Å². The highest BCUT2D eigenvalue weighted by atomic mass is 32.1. The van der Waals surface area contributed by atoms with Gasteiger partial charge in [0, 0.05) is 35.6 Å². The number of aliphatic hydroxyl groups excluding tert-OH is 1. The summed E-state index contributed by atoms with van der Waals surface area (Å²) < 4.78 is 3.34. The molecule has 27 heavy (non-hydrogen) atoms. The van der Waals surface area contributed by atoms with Crippen LogP contribution in [0.2, 0.25) is 0 Å². The first kappa shape index (κ1) is 17.9. The lowest BCUT2D eigenvalue weighted by Gasteiger charge is -2.14. The molecule has 0 saturated carbocycles. The molecular weight excluding hydrogens is 360 g/mol. The average Bonchev–Trinajstić information content (AvgIpc) is 3.39. The standard InChI is InChI=1S/C19H24N6OS/c1-2-20-19(22-12-18-24-23-17-8-5-9-25(17)18)21-11-14(26)16-10-13-6-3-4-7-15(13)27-16/h3-4,6-7,10,14,26H,2,5,8-9,11-12H2,1H3,(H2,20,21,22). The fourth-order valence-electron chi connectivity index (χ4n) is 3.28. The zero-order valence-electron chi connectivity index (χ0n) is 15.4. The monoisotopic (exact) mass is 384 g/mol. The molecule has 0 bridgehead atoms. The number of aromatic nitrogens is 3. The largest absolute Gasteiger partial charge is 0.386 e. The summed E-state index contributed by atoms with van der Waals surface area (Å²) in [5, 5.41) is 26.6. The zero-order chi connectivity index (χ0) is 18.6. The first-order valence-electron chi connectivity index (χ1n) is 9.34. The third kappa shape index (κ3) is 3.96. The van der Waals surface area contributed by atoms with Crippen molar-refractivity contribution in [2.45, 2.75) is 39.0 Å². The molecule has 0 saturated heterocycles. The molecule has 0 fully saturated rings. The summed E-state index contributed by atoms with van der Waals surface area (Å²) in [6.45, 7) is 4.62. The minimum absolute atomic E-state index is 0.399. The molecule has 0 amide bonds. The van der Waals surface area contributed by atoms with Crippen molar-refractivity contribution in [2.75, 3.05) is 13.1 Å². The van der Waals surface area contributed by atoms with E-state index in [1.807, 2.05) is 19.1 Å². The molecule has 1 unspecified atom stereocenters. The number of benzene rings is 1. The van der Waals surface area contributed by atoms with Crippen molar-refractivity contribution < 1.29 is 5.11 Å². The van der Waals surface area contributed by atoms with Crippen LogP contribution in [0.3, 0.4) is 0 Å². The van der Waals surface area contributed by atoms with Gasteiger partial charge in [-0.05, 0) is 30.9 Å². The SMILES string of the molecule is CCNC(=NCc1nnc2n1CCC2)NCC(O)c1cc2ccccc2s1. The summed E-state index contributed by atoms with van der Waals surface area (Å²) in [7, 11) is 0. The molecular formula is C19H24N6OS. The van der Waals surface area contributed by atoms with Crippen LogP contribution < -0.4 is 10.6 Å². The van der Waals surface area contributed by atoms with Crippen molar-refractivity contribution in [3.8, 4) is 0 Å². The quantitative estimate of drug-likeness (QED) is 0.448. The van der Waals surface area contributed by atoms with Crippen LogP contribution in [0.5, 0.6) is 0 Å². The van der Waals surface area contributed by atoms with Gasteiger partial charge >= 0.3 is 0 Å². The van der Waals surface area contributed by atoms with Crippen LogP contribution >= 0.6 is 11.3 Å². The second kappa shape index (κ2) is 8.06. The number of hydrogen-bond donors (Lipinski definition) is 3. The van der Waals surface area contributed by atoms with Crippen LogP contribution in [0.15, 0.2) is 35.3 Å². The number of nitrogens with one attached hydrogen (secondary N) is 2. The van der Waals surface area contributed by atoms with Gasteiger partial charge in [0.2, 0.25) is 0 Å². The number of aryl methyl sites for hydroxylation is 1. The van der Waals surface area contributed by atoms with Crippen LogP contribution in [0.25, 0.3) is 10.1 Å². The molecule has 2 aromatic heterocycles. The number of aliphatic imine (C=N–C) groups is 1. The Labute approximate surface area is 162 Å². The van der Waals surface area contributed by atoms with Crippen LogP contribution in [0.4, 0.5) is 0 Å². The van der Waals surface area contributed by atoms with E-state index < -0.39 is 6.10 Å². The highest BCUT2D eigenvalue weighted by Gasteiger charge is 2.17. The molecule has 1 aromatic carbocycles. The summed E-state index contributed by atoms with van der Waals surface area (Å²) in [6.07, 6.45) is 1.54. The normalized spacial score (nSPS) is 15.1. The molecule has 8 heteroatoms. The Kier molecular flexibility index (Phi) is 5.35. The van der Waals surface area contributed by atoms with Crippen molar-refractivity contribution in [1.82, 2.24) is 25.4 Å². The predicted octanol–water partition coefficient (Wildman–Crippen LogP) is 2.23. The van der Waals surface area contributed by atoms with Crippen molar-refractivity contribution in [2.24, 2.45) is 4.99 Å². The lowest BCUT2D eigenvalue weighted by molar-refractivity contribution is 0.184. The Morgan fingerprint density at radius 3 is 3.07 bits per heavy atom. The summed E-state index contributed by atoms with van der Waals surface area (Å²) in [5.41, 5.74) is 0. The van der Waals surface area contributed by atoms with Crippen molar-refractivity contribution in [3.05, 3.63) is 46.9 Å². The fourth-order valence-corrected chi connectivity index (χ4v) is 4.33. The van der Waals surface area contributed by atoms with Gasteiger partial charge in [-0.25, -0.2) is 4.99 Å². The molecule has 3 N–H and O–H groups in total. The molecule has 1 atom stereocenters. The Morgan fingerprint density at radius 2 is 2.22 bits per heavy atom. The van der Waals surface area contributed by atoms with E-state index >= 15 is 0 Å². The third-order valence-corrected chi connectivity index (χ3v) is 5.86. The predicted molar refractivity (Wildman–Crippen MR) is 108 cm³/mol. The maximum atomic E-state index is 10.6. The highest BCUT2D eigenvalue weighted by molar-refractivity contribution is 7.19. The number of guanidine groups is 1. The van der Waals surface area contributed by atoms with E-state index in [0.29, 0.717) is 19.0 Å². The first-order chi connectivity index (χ1) is 13.2. The zero-order valence-corrected chi connectivity index (χ0v) is 16.2. The lowest BCUT2D eigenvalue weighted by Crippen LogP contribution is -2.39. The van der Waals surface area contributed by atoms with E-state index in [-0.39, 0.29) is 0 Å². The maximum absolute atomic E-state index is 10.6. The Morgan fingerprint density at radius 1 is 1.33 bits per heavy atom. The van der Waals surface area contributed by atoms with Gasteiger partial charge < -0.3 is 20.3 Å². The van der Waals surface area contributed by atoms with Gasteiger partial charge in [-0.3, -0.25) is 0 Å².